The Labute approximate surface area is 188 Å². The number of esters is 1. The van der Waals surface area contributed by atoms with Crippen LogP contribution in [0.5, 0.6) is 0 Å². The summed E-state index contributed by atoms with van der Waals surface area (Å²) in [6, 6.07) is 3.79. The molecule has 0 fully saturated rings. The van der Waals surface area contributed by atoms with E-state index in [1.807, 2.05) is 0 Å². The van der Waals surface area contributed by atoms with Crippen LogP contribution in [0.25, 0.3) is 0 Å². The van der Waals surface area contributed by atoms with Crippen LogP contribution in [0.15, 0.2) is 22.5 Å². The largest absolute Gasteiger partial charge is 0.468 e. The number of halogens is 1. The number of nitrogens with zero attached hydrogens (tertiary/aromatic N) is 3. The summed E-state index contributed by atoms with van der Waals surface area (Å²) in [6.45, 7) is 3.50. The quantitative estimate of drug-likeness (QED) is 0.322. The predicted octanol–water partition coefficient (Wildman–Crippen LogP) is 2.95. The monoisotopic (exact) mass is 492 g/mol. The van der Waals surface area contributed by atoms with Gasteiger partial charge < -0.3 is 4.74 Å². The van der Waals surface area contributed by atoms with E-state index in [0.717, 1.165) is 39.2 Å². The number of benzene rings is 1. The third-order valence-electron chi connectivity index (χ3n) is 3.92. The first-order chi connectivity index (χ1) is 14.1. The van der Waals surface area contributed by atoms with Crippen molar-refractivity contribution in [2.75, 3.05) is 28.7 Å². The van der Waals surface area contributed by atoms with Gasteiger partial charge in [-0.2, -0.15) is 0 Å². The highest BCUT2D eigenvalue weighted by Gasteiger charge is 2.32. The zero-order chi connectivity index (χ0) is 22.5. The Morgan fingerprint density at radius 3 is 2.63 bits per heavy atom. The fourth-order valence-corrected chi connectivity index (χ4v) is 5.43. The summed E-state index contributed by atoms with van der Waals surface area (Å²) in [5.41, 5.74) is 1.08. The van der Waals surface area contributed by atoms with Crippen molar-refractivity contribution in [2.45, 2.75) is 30.6 Å². The number of aromatic nitrogens is 2. The molecule has 0 aliphatic carbocycles. The van der Waals surface area contributed by atoms with Gasteiger partial charge in [0.05, 0.1) is 24.8 Å². The van der Waals surface area contributed by atoms with Crippen molar-refractivity contribution in [1.82, 2.24) is 10.2 Å². The van der Waals surface area contributed by atoms with Crippen molar-refractivity contribution in [2.24, 2.45) is 0 Å². The number of aryl methyl sites for hydroxylation is 1. The molecule has 1 N–H and O–H groups in total. The lowest BCUT2D eigenvalue weighted by atomic mass is 10.1. The van der Waals surface area contributed by atoms with E-state index in [0.29, 0.717) is 15.0 Å². The zero-order valence-electron chi connectivity index (χ0n) is 16.7. The minimum Gasteiger partial charge on any atom is -0.468 e. The molecule has 0 aliphatic heterocycles. The summed E-state index contributed by atoms with van der Waals surface area (Å²) in [5, 5.41) is 11.0. The van der Waals surface area contributed by atoms with Gasteiger partial charge in [-0.05, 0) is 31.0 Å². The van der Waals surface area contributed by atoms with Crippen molar-refractivity contribution in [3.63, 3.8) is 0 Å². The molecule has 9 nitrogen and oxygen atoms in total. The Bertz CT molecular complexity index is 1030. The van der Waals surface area contributed by atoms with Crippen LogP contribution in [0.1, 0.15) is 18.9 Å². The highest BCUT2D eigenvalue weighted by Crippen LogP contribution is 2.29. The number of carbonyl (C=O) groups is 2. The molecule has 0 aliphatic rings. The van der Waals surface area contributed by atoms with Gasteiger partial charge in [0.1, 0.15) is 6.04 Å². The normalized spacial score (nSPS) is 12.3. The number of anilines is 2. The van der Waals surface area contributed by atoms with Crippen LogP contribution >= 0.6 is 34.7 Å². The van der Waals surface area contributed by atoms with E-state index in [9.17, 15) is 18.0 Å². The summed E-state index contributed by atoms with van der Waals surface area (Å²) < 4.78 is 31.1. The molecule has 0 saturated heterocycles. The second-order valence-electron chi connectivity index (χ2n) is 6.14. The van der Waals surface area contributed by atoms with Crippen LogP contribution in [-0.2, 0) is 24.3 Å². The Kier molecular flexibility index (Phi) is 8.47. The Morgan fingerprint density at radius 1 is 1.37 bits per heavy atom. The molecule has 1 atom stereocenters. The first-order valence-corrected chi connectivity index (χ1v) is 12.7. The maximum absolute atomic E-state index is 12.9. The minimum absolute atomic E-state index is 0.0622. The third-order valence-corrected chi connectivity index (χ3v) is 7.45. The summed E-state index contributed by atoms with van der Waals surface area (Å²) in [7, 11) is -2.50. The number of rotatable bonds is 9. The molecule has 0 radical (unpaired) electrons. The van der Waals surface area contributed by atoms with Crippen molar-refractivity contribution in [3.8, 4) is 0 Å². The van der Waals surface area contributed by atoms with Crippen LogP contribution < -0.4 is 9.62 Å². The molecule has 2 aromatic rings. The maximum atomic E-state index is 12.9. The molecule has 0 spiro atoms. The molecule has 0 bridgehead atoms. The third kappa shape index (κ3) is 6.30. The van der Waals surface area contributed by atoms with E-state index in [1.165, 1.54) is 13.2 Å². The van der Waals surface area contributed by atoms with Crippen molar-refractivity contribution in [3.05, 3.63) is 28.8 Å². The molecule has 0 saturated carbocycles. The number of methoxy groups -OCH3 is 1. The lowest BCUT2D eigenvalue weighted by Gasteiger charge is -2.30. The molecule has 1 heterocycles. The first kappa shape index (κ1) is 24.4. The average Bonchev–Trinajstić information content (AvgIpc) is 3.12. The number of hydrogen-bond donors (Lipinski definition) is 1. The fraction of sp³-hybridized carbons (Fsp3) is 0.412. The first-order valence-electron chi connectivity index (χ1n) is 8.66. The van der Waals surface area contributed by atoms with Gasteiger partial charge in [-0.15, -0.1) is 10.2 Å². The Morgan fingerprint density at radius 2 is 2.07 bits per heavy atom. The predicted molar refractivity (Wildman–Crippen MR) is 119 cm³/mol. The van der Waals surface area contributed by atoms with Crippen LogP contribution in [0.4, 0.5) is 10.8 Å². The number of carbonyl (C=O) groups excluding carboxylic acids is 2. The van der Waals surface area contributed by atoms with Gasteiger partial charge in [-0.3, -0.25) is 19.2 Å². The van der Waals surface area contributed by atoms with Crippen molar-refractivity contribution >= 4 is 67.4 Å². The van der Waals surface area contributed by atoms with Crippen molar-refractivity contribution < 1.29 is 22.7 Å². The number of nitrogens with one attached hydrogen (secondary N) is 1. The molecular formula is C17H21ClN4O5S3. The molecule has 1 amide bonds. The van der Waals surface area contributed by atoms with E-state index < -0.39 is 27.9 Å². The number of amides is 1. The van der Waals surface area contributed by atoms with Gasteiger partial charge in [0, 0.05) is 5.02 Å². The Hall–Kier alpha value is -1.89. The maximum Gasteiger partial charge on any atom is 0.316 e. The molecule has 164 valence electrons. The summed E-state index contributed by atoms with van der Waals surface area (Å²) in [5.74, 6) is -0.903. The van der Waals surface area contributed by atoms with Gasteiger partial charge in [0.25, 0.3) is 0 Å². The molecule has 2 rings (SSSR count). The molecular weight excluding hydrogens is 472 g/mol. The number of hydrogen-bond acceptors (Lipinski definition) is 9. The van der Waals surface area contributed by atoms with E-state index in [1.54, 1.807) is 26.0 Å². The molecule has 1 unspecified atom stereocenters. The SMILES string of the molecule is CCC(C(=O)Nc1nnc(SCC(=O)OC)s1)N(c1ccc(C)c(Cl)c1)S(C)(=O)=O. The van der Waals surface area contributed by atoms with Crippen molar-refractivity contribution in [1.29, 1.82) is 0 Å². The van der Waals surface area contributed by atoms with Crippen LogP contribution in [0.2, 0.25) is 5.02 Å². The second kappa shape index (κ2) is 10.4. The molecule has 30 heavy (non-hydrogen) atoms. The standard InChI is InChI=1S/C17H21ClN4O5S3/c1-5-13(22(30(4,25)26)11-7-6-10(2)12(18)8-11)15(24)19-16-20-21-17(29-16)28-9-14(23)27-3/h6-8,13H,5,9H2,1-4H3,(H,19,20,24). The minimum atomic E-state index is -3.79. The van der Waals surface area contributed by atoms with Gasteiger partial charge in [-0.25, -0.2) is 8.42 Å². The fourth-order valence-electron chi connectivity index (χ4n) is 2.47. The van der Waals surface area contributed by atoms with E-state index in [4.69, 9.17) is 11.6 Å². The average molecular weight is 493 g/mol. The lowest BCUT2D eigenvalue weighted by molar-refractivity contribution is -0.137. The summed E-state index contributed by atoms with van der Waals surface area (Å²) in [4.78, 5) is 24.1. The summed E-state index contributed by atoms with van der Waals surface area (Å²) in [6.07, 6.45) is 1.25. The van der Waals surface area contributed by atoms with Crippen LogP contribution in [0.3, 0.4) is 0 Å². The van der Waals surface area contributed by atoms with Gasteiger partial charge in [-0.1, -0.05) is 47.7 Å². The molecule has 13 heteroatoms. The van der Waals surface area contributed by atoms with Crippen LogP contribution in [0, 0.1) is 6.92 Å². The number of ether oxygens (including phenoxy) is 1. The van der Waals surface area contributed by atoms with E-state index in [2.05, 4.69) is 20.3 Å². The molecule has 1 aromatic heterocycles. The number of thioether (sulfide) groups is 1. The highest BCUT2D eigenvalue weighted by atomic mass is 35.5. The smallest absolute Gasteiger partial charge is 0.316 e. The zero-order valence-corrected chi connectivity index (χ0v) is 19.9. The van der Waals surface area contributed by atoms with Gasteiger partial charge in [0.2, 0.25) is 21.1 Å². The second-order valence-corrected chi connectivity index (χ2v) is 10.6. The lowest BCUT2D eigenvalue weighted by Crippen LogP contribution is -2.47. The highest BCUT2D eigenvalue weighted by molar-refractivity contribution is 8.01. The Balaban J connectivity index is 2.23. The van der Waals surface area contributed by atoms with Crippen LogP contribution in [-0.4, -0.2) is 55.7 Å². The molecule has 1 aromatic carbocycles. The van der Waals surface area contributed by atoms with Gasteiger partial charge >= 0.3 is 5.97 Å². The topological polar surface area (TPSA) is 119 Å². The van der Waals surface area contributed by atoms with E-state index in [-0.39, 0.29) is 17.3 Å². The summed E-state index contributed by atoms with van der Waals surface area (Å²) >= 11 is 8.35. The van der Waals surface area contributed by atoms with Gasteiger partial charge in [0.15, 0.2) is 4.34 Å². The number of sulfonamides is 1. The van der Waals surface area contributed by atoms with E-state index >= 15 is 0 Å².